The maximum atomic E-state index is 12.6. The topological polar surface area (TPSA) is 104 Å². The van der Waals surface area contributed by atoms with Gasteiger partial charge in [-0.2, -0.15) is 4.98 Å². The lowest BCUT2D eigenvalue weighted by atomic mass is 10.1. The highest BCUT2D eigenvalue weighted by molar-refractivity contribution is 5.89. The van der Waals surface area contributed by atoms with E-state index in [-0.39, 0.29) is 17.9 Å². The molecule has 1 atom stereocenters. The minimum Gasteiger partial charge on any atom is -0.406 e. The van der Waals surface area contributed by atoms with Crippen LogP contribution in [0.15, 0.2) is 60.8 Å². The molecule has 2 fully saturated rings. The molecule has 0 radical (unpaired) electrons. The minimum absolute atomic E-state index is 0.0477. The number of morpholine rings is 1. The van der Waals surface area contributed by atoms with Crippen LogP contribution in [0, 0.1) is 0 Å². The number of urea groups is 1. The van der Waals surface area contributed by atoms with E-state index in [2.05, 4.69) is 35.6 Å². The van der Waals surface area contributed by atoms with E-state index in [1.165, 1.54) is 12.1 Å². The Kier molecular flexibility index (Phi) is 7.98. The van der Waals surface area contributed by atoms with E-state index in [0.717, 1.165) is 42.3 Å². The van der Waals surface area contributed by atoms with Crippen LogP contribution < -0.4 is 25.6 Å². The Bertz CT molecular complexity index is 1240. The first kappa shape index (κ1) is 26.5. The molecular formula is C26H28F3N7O3. The first-order chi connectivity index (χ1) is 18.8. The number of nitrogens with zero attached hydrogens (tertiary/aromatic N) is 4. The number of hydrogen-bond donors (Lipinski definition) is 3. The molecule has 0 saturated carbocycles. The first-order valence-electron chi connectivity index (χ1n) is 12.5. The number of piperazine rings is 1. The zero-order valence-electron chi connectivity index (χ0n) is 20.9. The van der Waals surface area contributed by atoms with Gasteiger partial charge in [0.1, 0.15) is 11.6 Å². The number of ether oxygens (including phenoxy) is 2. The molecule has 39 heavy (non-hydrogen) atoms. The Morgan fingerprint density at radius 2 is 1.72 bits per heavy atom. The van der Waals surface area contributed by atoms with E-state index in [4.69, 9.17) is 4.74 Å². The molecular weight excluding hydrogens is 515 g/mol. The number of carbonyl (C=O) groups is 1. The molecule has 206 valence electrons. The van der Waals surface area contributed by atoms with Crippen LogP contribution in [0.4, 0.5) is 41.1 Å². The van der Waals surface area contributed by atoms with E-state index in [1.54, 1.807) is 11.1 Å². The van der Waals surface area contributed by atoms with E-state index in [0.29, 0.717) is 44.4 Å². The number of halogens is 3. The van der Waals surface area contributed by atoms with Crippen molar-refractivity contribution in [2.24, 2.45) is 0 Å². The Morgan fingerprint density at radius 3 is 2.38 bits per heavy atom. The van der Waals surface area contributed by atoms with E-state index < -0.39 is 6.36 Å². The normalized spacial score (nSPS) is 18.0. The predicted molar refractivity (Wildman–Crippen MR) is 139 cm³/mol. The summed E-state index contributed by atoms with van der Waals surface area (Å²) in [6.45, 7) is 4.39. The summed E-state index contributed by atoms with van der Waals surface area (Å²) in [5.41, 5.74) is 2.34. The second kappa shape index (κ2) is 11.7. The van der Waals surface area contributed by atoms with Gasteiger partial charge in [-0.25, -0.2) is 9.78 Å². The number of rotatable bonds is 6. The first-order valence-corrected chi connectivity index (χ1v) is 12.5. The van der Waals surface area contributed by atoms with Gasteiger partial charge in [0, 0.05) is 56.8 Å². The molecule has 3 aromatic rings. The number of hydrogen-bond acceptors (Lipinski definition) is 8. The molecule has 2 aliphatic rings. The van der Waals surface area contributed by atoms with Crippen LogP contribution >= 0.6 is 0 Å². The fraction of sp³-hybridized carbons (Fsp3) is 0.346. The fourth-order valence-electron chi connectivity index (χ4n) is 4.36. The maximum Gasteiger partial charge on any atom is 0.573 e. The van der Waals surface area contributed by atoms with Gasteiger partial charge >= 0.3 is 12.4 Å². The van der Waals surface area contributed by atoms with Crippen LogP contribution in [0.1, 0.15) is 11.7 Å². The lowest BCUT2D eigenvalue weighted by Crippen LogP contribution is -2.50. The molecule has 0 spiro atoms. The van der Waals surface area contributed by atoms with E-state index >= 15 is 0 Å². The molecule has 0 aliphatic carbocycles. The second-order valence-electron chi connectivity index (χ2n) is 9.03. The zero-order valence-corrected chi connectivity index (χ0v) is 20.9. The van der Waals surface area contributed by atoms with Crippen molar-refractivity contribution in [1.29, 1.82) is 0 Å². The summed E-state index contributed by atoms with van der Waals surface area (Å²) in [6, 6.07) is 14.5. The van der Waals surface area contributed by atoms with Crippen molar-refractivity contribution in [3.05, 3.63) is 66.4 Å². The summed E-state index contributed by atoms with van der Waals surface area (Å²) >= 11 is 0. The van der Waals surface area contributed by atoms with Gasteiger partial charge in [-0.05, 0) is 48.0 Å². The Morgan fingerprint density at radius 1 is 1.00 bits per heavy atom. The molecule has 0 bridgehead atoms. The van der Waals surface area contributed by atoms with Gasteiger partial charge in [0.15, 0.2) is 0 Å². The average Bonchev–Trinajstić information content (AvgIpc) is 2.94. The van der Waals surface area contributed by atoms with Crippen molar-refractivity contribution in [3.63, 3.8) is 0 Å². The van der Waals surface area contributed by atoms with Crippen molar-refractivity contribution in [3.8, 4) is 5.75 Å². The molecule has 1 unspecified atom stereocenters. The molecule has 10 nitrogen and oxygen atoms in total. The predicted octanol–water partition coefficient (Wildman–Crippen LogP) is 4.13. The number of aromatic nitrogens is 2. The van der Waals surface area contributed by atoms with Gasteiger partial charge in [-0.15, -0.1) is 13.2 Å². The number of alkyl halides is 3. The molecule has 3 N–H and O–H groups in total. The lowest BCUT2D eigenvalue weighted by Gasteiger charge is -2.35. The molecule has 2 amide bonds. The number of anilines is 4. The Balaban J connectivity index is 1.12. The third-order valence-corrected chi connectivity index (χ3v) is 6.34. The lowest BCUT2D eigenvalue weighted by molar-refractivity contribution is -0.274. The third-order valence-electron chi connectivity index (χ3n) is 6.34. The van der Waals surface area contributed by atoms with Crippen LogP contribution in [0.3, 0.4) is 0 Å². The highest BCUT2D eigenvalue weighted by Crippen LogP contribution is 2.25. The summed E-state index contributed by atoms with van der Waals surface area (Å²) in [5, 5.41) is 9.26. The summed E-state index contributed by atoms with van der Waals surface area (Å²) in [7, 11) is 0. The van der Waals surface area contributed by atoms with Crippen LogP contribution in [0.5, 0.6) is 5.75 Å². The summed E-state index contributed by atoms with van der Waals surface area (Å²) < 4.78 is 46.6. The number of nitrogens with one attached hydrogen (secondary N) is 3. The summed E-state index contributed by atoms with van der Waals surface area (Å²) in [4.78, 5) is 25.3. The highest BCUT2D eigenvalue weighted by Gasteiger charge is 2.31. The monoisotopic (exact) mass is 543 g/mol. The maximum absolute atomic E-state index is 12.6. The van der Waals surface area contributed by atoms with Crippen molar-refractivity contribution < 1.29 is 27.4 Å². The Labute approximate surface area is 223 Å². The molecule has 2 aromatic carbocycles. The number of amides is 2. The molecule has 1 aromatic heterocycles. The van der Waals surface area contributed by atoms with Gasteiger partial charge in [0.25, 0.3) is 0 Å². The van der Waals surface area contributed by atoms with Gasteiger partial charge < -0.3 is 35.2 Å². The van der Waals surface area contributed by atoms with Gasteiger partial charge in [0.2, 0.25) is 5.95 Å². The van der Waals surface area contributed by atoms with Crippen LogP contribution in [-0.2, 0) is 4.74 Å². The van der Waals surface area contributed by atoms with Gasteiger partial charge in [-0.1, -0.05) is 12.1 Å². The van der Waals surface area contributed by atoms with Crippen LogP contribution in [0.25, 0.3) is 0 Å². The quantitative estimate of drug-likeness (QED) is 0.427. The highest BCUT2D eigenvalue weighted by atomic mass is 19.4. The van der Waals surface area contributed by atoms with Crippen LogP contribution in [-0.4, -0.2) is 73.1 Å². The van der Waals surface area contributed by atoms with Crippen molar-refractivity contribution in [2.75, 3.05) is 61.4 Å². The number of benzene rings is 2. The molecule has 2 aliphatic heterocycles. The van der Waals surface area contributed by atoms with Gasteiger partial charge in [-0.3, -0.25) is 0 Å². The van der Waals surface area contributed by atoms with Crippen LogP contribution in [0.2, 0.25) is 0 Å². The van der Waals surface area contributed by atoms with E-state index in [1.807, 2.05) is 30.3 Å². The van der Waals surface area contributed by atoms with Gasteiger partial charge in [0.05, 0.1) is 12.7 Å². The molecule has 2 saturated heterocycles. The fourth-order valence-corrected chi connectivity index (χ4v) is 4.36. The Hall–Kier alpha value is -4.10. The van der Waals surface area contributed by atoms with Crippen molar-refractivity contribution in [2.45, 2.75) is 12.5 Å². The average molecular weight is 544 g/mol. The van der Waals surface area contributed by atoms with Crippen molar-refractivity contribution >= 4 is 29.2 Å². The summed E-state index contributed by atoms with van der Waals surface area (Å²) in [5.74, 6) is 0.858. The number of carbonyl (C=O) groups excluding carboxylic acids is 1. The minimum atomic E-state index is -4.77. The largest absolute Gasteiger partial charge is 0.573 e. The molecule has 3 heterocycles. The molecule has 5 rings (SSSR count). The SMILES string of the molecule is O=C(Nc1ccc(OC(F)(F)F)cc1)N1CCN(c2ccnc(Nc3ccc(C4CNCCO4)cc3)n2)CC1. The standard InChI is InChI=1S/C26H28F3N7O3/c27-26(28,29)39-21-7-5-20(6-8-21)33-25(37)36-14-12-35(13-15-36)23-9-10-31-24(34-23)32-19-3-1-18(2-4-19)22-17-30-11-16-38-22/h1-10,22,30H,11-17H2,(H,33,37)(H,31,32,34). The smallest absolute Gasteiger partial charge is 0.406 e. The third kappa shape index (κ3) is 7.27. The van der Waals surface area contributed by atoms with Crippen molar-refractivity contribution in [1.82, 2.24) is 20.2 Å². The molecule has 13 heteroatoms. The summed E-state index contributed by atoms with van der Waals surface area (Å²) in [6.07, 6.45) is -3.03. The zero-order chi connectivity index (χ0) is 27.2. The van der Waals surface area contributed by atoms with E-state index in [9.17, 15) is 18.0 Å². The second-order valence-corrected chi connectivity index (χ2v) is 9.03.